The molecule has 2 unspecified atom stereocenters. The highest BCUT2D eigenvalue weighted by Crippen LogP contribution is 2.45. The number of carbonyl (C=O) groups is 4. The maximum absolute atomic E-state index is 11.8. The molecule has 23 heavy (non-hydrogen) atoms. The van der Waals surface area contributed by atoms with Gasteiger partial charge in [-0.1, -0.05) is 12.2 Å². The molecule has 1 rings (SSSR count). The zero-order valence-corrected chi connectivity index (χ0v) is 13.7. The van der Waals surface area contributed by atoms with Gasteiger partial charge in [0.25, 0.3) is 0 Å². The normalized spacial score (nSPS) is 23.7. The summed E-state index contributed by atoms with van der Waals surface area (Å²) in [5.74, 6) is -1.94. The van der Waals surface area contributed by atoms with Crippen LogP contribution in [0.15, 0.2) is 12.2 Å². The molecule has 0 aromatic rings. The standard InChI is InChI=1S/C15H22N2O6/c1-9(18)16-12(13(20)22-3)7-5-6-11-8-15(11,14(21)23-4)17-10(2)19/h5-6,11-12H,7-8H2,1-4H3,(H,16,18)(H,17,19)/b6-5+/t11?,12-,15?/m0/s1. The molecule has 0 heterocycles. The van der Waals surface area contributed by atoms with Gasteiger partial charge in [-0.15, -0.1) is 0 Å². The van der Waals surface area contributed by atoms with Crippen LogP contribution in [0.5, 0.6) is 0 Å². The Morgan fingerprint density at radius 1 is 1.17 bits per heavy atom. The van der Waals surface area contributed by atoms with E-state index >= 15 is 0 Å². The number of carbonyl (C=O) groups excluding carboxylic acids is 4. The topological polar surface area (TPSA) is 111 Å². The fourth-order valence-corrected chi connectivity index (χ4v) is 2.43. The van der Waals surface area contributed by atoms with Crippen molar-refractivity contribution in [3.8, 4) is 0 Å². The van der Waals surface area contributed by atoms with Crippen molar-refractivity contribution in [3.63, 3.8) is 0 Å². The van der Waals surface area contributed by atoms with Crippen LogP contribution in [0.1, 0.15) is 26.7 Å². The minimum atomic E-state index is -1.04. The van der Waals surface area contributed by atoms with Gasteiger partial charge in [-0.25, -0.2) is 9.59 Å². The highest BCUT2D eigenvalue weighted by Gasteiger charge is 2.60. The van der Waals surface area contributed by atoms with Crippen LogP contribution in [0.3, 0.4) is 0 Å². The summed E-state index contributed by atoms with van der Waals surface area (Å²) in [6.07, 6.45) is 4.05. The number of nitrogens with one attached hydrogen (secondary N) is 2. The summed E-state index contributed by atoms with van der Waals surface area (Å²) >= 11 is 0. The molecule has 0 aromatic heterocycles. The SMILES string of the molecule is COC(=O)[C@H](C/C=C/C1CC1(NC(C)=O)C(=O)OC)NC(C)=O. The van der Waals surface area contributed by atoms with Crippen molar-refractivity contribution >= 4 is 23.8 Å². The number of ether oxygens (including phenoxy) is 2. The Balaban J connectivity index is 2.69. The van der Waals surface area contributed by atoms with Crippen molar-refractivity contribution < 1.29 is 28.7 Å². The van der Waals surface area contributed by atoms with Crippen molar-refractivity contribution in [1.29, 1.82) is 0 Å². The summed E-state index contributed by atoms with van der Waals surface area (Å²) in [6.45, 7) is 2.63. The lowest BCUT2D eigenvalue weighted by molar-refractivity contribution is -0.146. The van der Waals surface area contributed by atoms with Gasteiger partial charge < -0.3 is 20.1 Å². The van der Waals surface area contributed by atoms with Crippen LogP contribution in [-0.2, 0) is 28.7 Å². The Labute approximate surface area is 134 Å². The molecular weight excluding hydrogens is 304 g/mol. The van der Waals surface area contributed by atoms with E-state index in [1.807, 2.05) is 0 Å². The van der Waals surface area contributed by atoms with Crippen LogP contribution in [0, 0.1) is 5.92 Å². The smallest absolute Gasteiger partial charge is 0.332 e. The number of methoxy groups -OCH3 is 2. The molecule has 0 radical (unpaired) electrons. The Morgan fingerprint density at radius 2 is 1.83 bits per heavy atom. The maximum atomic E-state index is 11.8. The summed E-state index contributed by atoms with van der Waals surface area (Å²) in [5.41, 5.74) is -1.04. The summed E-state index contributed by atoms with van der Waals surface area (Å²) in [6, 6.07) is -0.791. The first-order valence-corrected chi connectivity index (χ1v) is 7.15. The zero-order chi connectivity index (χ0) is 17.6. The van der Waals surface area contributed by atoms with E-state index in [1.165, 1.54) is 28.1 Å². The third-order valence-electron chi connectivity index (χ3n) is 3.57. The maximum Gasteiger partial charge on any atom is 0.332 e. The monoisotopic (exact) mass is 326 g/mol. The third kappa shape index (κ3) is 4.80. The second-order valence-electron chi connectivity index (χ2n) is 5.39. The molecule has 0 bridgehead atoms. The second kappa shape index (κ2) is 7.75. The van der Waals surface area contributed by atoms with Gasteiger partial charge in [0.05, 0.1) is 14.2 Å². The summed E-state index contributed by atoms with van der Waals surface area (Å²) < 4.78 is 9.34. The van der Waals surface area contributed by atoms with Gasteiger partial charge >= 0.3 is 11.9 Å². The third-order valence-corrected chi connectivity index (χ3v) is 3.57. The number of hydrogen-bond acceptors (Lipinski definition) is 6. The Bertz CT molecular complexity index is 530. The van der Waals surface area contributed by atoms with E-state index in [1.54, 1.807) is 12.2 Å². The minimum Gasteiger partial charge on any atom is -0.467 e. The molecule has 0 aliphatic heterocycles. The Hall–Kier alpha value is -2.38. The van der Waals surface area contributed by atoms with Gasteiger partial charge in [-0.05, 0) is 12.8 Å². The van der Waals surface area contributed by atoms with Crippen molar-refractivity contribution in [1.82, 2.24) is 10.6 Å². The lowest BCUT2D eigenvalue weighted by Gasteiger charge is -2.15. The fourth-order valence-electron chi connectivity index (χ4n) is 2.43. The average Bonchev–Trinajstić information content (AvgIpc) is 3.17. The molecule has 3 atom stereocenters. The van der Waals surface area contributed by atoms with Crippen molar-refractivity contribution in [2.24, 2.45) is 5.92 Å². The molecule has 0 spiro atoms. The predicted molar refractivity (Wildman–Crippen MR) is 80.0 cm³/mol. The minimum absolute atomic E-state index is 0.213. The quantitative estimate of drug-likeness (QED) is 0.490. The molecule has 128 valence electrons. The molecule has 8 heteroatoms. The van der Waals surface area contributed by atoms with E-state index in [9.17, 15) is 19.2 Å². The average molecular weight is 326 g/mol. The van der Waals surface area contributed by atoms with Crippen LogP contribution in [-0.4, -0.2) is 49.6 Å². The molecule has 2 N–H and O–H groups in total. The van der Waals surface area contributed by atoms with Crippen LogP contribution in [0.25, 0.3) is 0 Å². The molecule has 2 amide bonds. The van der Waals surface area contributed by atoms with Crippen molar-refractivity contribution in [2.75, 3.05) is 14.2 Å². The number of hydrogen-bond donors (Lipinski definition) is 2. The molecular formula is C15H22N2O6. The van der Waals surface area contributed by atoms with E-state index in [0.29, 0.717) is 6.42 Å². The van der Waals surface area contributed by atoms with Gasteiger partial charge in [0, 0.05) is 19.8 Å². The first-order valence-electron chi connectivity index (χ1n) is 7.15. The zero-order valence-electron chi connectivity index (χ0n) is 13.7. The summed E-state index contributed by atoms with van der Waals surface area (Å²) in [4.78, 5) is 45.7. The molecule has 1 aliphatic carbocycles. The van der Waals surface area contributed by atoms with Gasteiger partial charge in [0.15, 0.2) is 0 Å². The molecule has 1 saturated carbocycles. The molecule has 0 saturated heterocycles. The molecule has 1 fully saturated rings. The second-order valence-corrected chi connectivity index (χ2v) is 5.39. The molecule has 8 nitrogen and oxygen atoms in total. The summed E-state index contributed by atoms with van der Waals surface area (Å²) in [7, 11) is 2.50. The largest absolute Gasteiger partial charge is 0.467 e. The first kappa shape index (κ1) is 18.7. The van der Waals surface area contributed by atoms with E-state index in [2.05, 4.69) is 15.4 Å². The van der Waals surface area contributed by atoms with Gasteiger partial charge in [0.2, 0.25) is 11.8 Å². The van der Waals surface area contributed by atoms with Gasteiger partial charge in [0.1, 0.15) is 11.6 Å². The van der Waals surface area contributed by atoms with E-state index < -0.39 is 23.5 Å². The van der Waals surface area contributed by atoms with Crippen molar-refractivity contribution in [3.05, 3.63) is 12.2 Å². The van der Waals surface area contributed by atoms with Crippen LogP contribution in [0.4, 0.5) is 0 Å². The Kier molecular flexibility index (Phi) is 6.29. The van der Waals surface area contributed by atoms with E-state index in [4.69, 9.17) is 4.74 Å². The number of amides is 2. The molecule has 0 aromatic carbocycles. The van der Waals surface area contributed by atoms with Crippen LogP contribution in [0.2, 0.25) is 0 Å². The molecule has 1 aliphatic rings. The van der Waals surface area contributed by atoms with Crippen molar-refractivity contribution in [2.45, 2.75) is 38.3 Å². The number of rotatable bonds is 7. The lowest BCUT2D eigenvalue weighted by Crippen LogP contribution is -2.44. The van der Waals surface area contributed by atoms with E-state index in [-0.39, 0.29) is 24.2 Å². The first-order chi connectivity index (χ1) is 10.8. The number of esters is 2. The van der Waals surface area contributed by atoms with Crippen LogP contribution < -0.4 is 10.6 Å². The summed E-state index contributed by atoms with van der Waals surface area (Å²) in [5, 5.41) is 5.09. The predicted octanol–water partition coefficient (Wildman–Crippen LogP) is -0.322. The fraction of sp³-hybridized carbons (Fsp3) is 0.600. The van der Waals surface area contributed by atoms with Gasteiger partial charge in [-0.3, -0.25) is 9.59 Å². The highest BCUT2D eigenvalue weighted by molar-refractivity contribution is 5.91. The van der Waals surface area contributed by atoms with Crippen LogP contribution >= 0.6 is 0 Å². The van der Waals surface area contributed by atoms with Gasteiger partial charge in [-0.2, -0.15) is 0 Å². The Morgan fingerprint density at radius 3 is 2.30 bits per heavy atom. The lowest BCUT2D eigenvalue weighted by atomic mass is 10.1. The van der Waals surface area contributed by atoms with E-state index in [0.717, 1.165) is 0 Å². The highest BCUT2D eigenvalue weighted by atomic mass is 16.5.